The first-order valence-electron chi connectivity index (χ1n) is 6.87. The fourth-order valence-corrected chi connectivity index (χ4v) is 2.17. The zero-order valence-electron chi connectivity index (χ0n) is 12.8. The van der Waals surface area contributed by atoms with Crippen molar-refractivity contribution < 1.29 is 27.8 Å². The first kappa shape index (κ1) is 17.9. The smallest absolute Gasteiger partial charge is 0.340 e. The summed E-state index contributed by atoms with van der Waals surface area (Å²) in [5.74, 6) is -3.32. The molecule has 0 radical (unpaired) electrons. The van der Waals surface area contributed by atoms with Gasteiger partial charge in [0.25, 0.3) is 0 Å². The average Bonchev–Trinajstić information content (AvgIpc) is 2.57. The standard InChI is InChI=1S/C17H13ClF2O4/c1-9(16(21)10-3-5-11(23-2)6-4-10)24-17(22)12-7-14(19)15(20)8-13(12)18/h3-9H,1-2H3/t9-/m0/s1. The highest BCUT2D eigenvalue weighted by Crippen LogP contribution is 2.22. The lowest BCUT2D eigenvalue weighted by Crippen LogP contribution is -2.24. The summed E-state index contributed by atoms with van der Waals surface area (Å²) in [6.07, 6.45) is -1.13. The van der Waals surface area contributed by atoms with Crippen molar-refractivity contribution in [2.75, 3.05) is 7.11 Å². The topological polar surface area (TPSA) is 52.6 Å². The minimum Gasteiger partial charge on any atom is -0.497 e. The largest absolute Gasteiger partial charge is 0.497 e. The molecule has 7 heteroatoms. The van der Waals surface area contributed by atoms with Crippen molar-refractivity contribution in [2.45, 2.75) is 13.0 Å². The predicted octanol–water partition coefficient (Wildman–Crippen LogP) is 4.06. The van der Waals surface area contributed by atoms with E-state index in [-0.39, 0.29) is 10.6 Å². The fourth-order valence-electron chi connectivity index (χ4n) is 1.95. The molecule has 0 saturated heterocycles. The number of esters is 1. The van der Waals surface area contributed by atoms with Crippen LogP contribution in [0, 0.1) is 11.6 Å². The second-order valence-corrected chi connectivity index (χ2v) is 5.29. The van der Waals surface area contributed by atoms with E-state index in [1.165, 1.54) is 26.2 Å². The SMILES string of the molecule is COc1ccc(C(=O)[C@H](C)OC(=O)c2cc(F)c(F)cc2Cl)cc1. The molecule has 0 spiro atoms. The third-order valence-corrected chi connectivity index (χ3v) is 3.57. The maximum atomic E-state index is 13.2. The van der Waals surface area contributed by atoms with Gasteiger partial charge in [-0.05, 0) is 43.3 Å². The van der Waals surface area contributed by atoms with Crippen molar-refractivity contribution >= 4 is 23.4 Å². The van der Waals surface area contributed by atoms with E-state index in [1.807, 2.05) is 0 Å². The number of rotatable bonds is 5. The first-order chi connectivity index (χ1) is 11.3. The van der Waals surface area contributed by atoms with Gasteiger partial charge >= 0.3 is 5.97 Å². The van der Waals surface area contributed by atoms with E-state index in [1.54, 1.807) is 12.1 Å². The number of carbonyl (C=O) groups is 2. The summed E-state index contributed by atoms with van der Waals surface area (Å²) >= 11 is 5.70. The lowest BCUT2D eigenvalue weighted by molar-refractivity contribution is 0.0318. The predicted molar refractivity (Wildman–Crippen MR) is 83.6 cm³/mol. The van der Waals surface area contributed by atoms with Crippen LogP contribution in [0.3, 0.4) is 0 Å². The Balaban J connectivity index is 2.13. The summed E-state index contributed by atoms with van der Waals surface area (Å²) in [5, 5.41) is -0.303. The van der Waals surface area contributed by atoms with Gasteiger partial charge in [-0.15, -0.1) is 0 Å². The summed E-state index contributed by atoms with van der Waals surface area (Å²) in [4.78, 5) is 24.2. The Labute approximate surface area is 141 Å². The van der Waals surface area contributed by atoms with Crippen LogP contribution in [0.25, 0.3) is 0 Å². The van der Waals surface area contributed by atoms with Crippen LogP contribution in [-0.2, 0) is 4.74 Å². The highest BCUT2D eigenvalue weighted by Gasteiger charge is 2.23. The van der Waals surface area contributed by atoms with Crippen LogP contribution in [0.2, 0.25) is 5.02 Å². The van der Waals surface area contributed by atoms with Gasteiger partial charge in [-0.3, -0.25) is 4.79 Å². The minimum absolute atomic E-state index is 0.303. The molecule has 0 bridgehead atoms. The average molecular weight is 355 g/mol. The second kappa shape index (κ2) is 7.40. The van der Waals surface area contributed by atoms with Gasteiger partial charge in [0.2, 0.25) is 5.78 Å². The number of benzene rings is 2. The van der Waals surface area contributed by atoms with E-state index in [2.05, 4.69) is 0 Å². The van der Waals surface area contributed by atoms with Crippen LogP contribution in [0.1, 0.15) is 27.6 Å². The van der Waals surface area contributed by atoms with Crippen molar-refractivity contribution in [2.24, 2.45) is 0 Å². The molecule has 0 aromatic heterocycles. The number of hydrogen-bond acceptors (Lipinski definition) is 4. The van der Waals surface area contributed by atoms with Crippen LogP contribution in [-0.4, -0.2) is 25.0 Å². The number of Topliss-reactive ketones (excluding diaryl/α,β-unsaturated/α-hetero) is 1. The second-order valence-electron chi connectivity index (χ2n) is 4.89. The summed E-state index contributed by atoms with van der Waals surface area (Å²) in [6.45, 7) is 1.37. The Morgan fingerprint density at radius 1 is 1.08 bits per heavy atom. The Kier molecular flexibility index (Phi) is 5.51. The molecule has 2 aromatic rings. The number of halogens is 3. The van der Waals surface area contributed by atoms with Gasteiger partial charge in [-0.25, -0.2) is 13.6 Å². The van der Waals surface area contributed by atoms with E-state index in [0.717, 1.165) is 0 Å². The van der Waals surface area contributed by atoms with E-state index in [9.17, 15) is 18.4 Å². The molecule has 24 heavy (non-hydrogen) atoms. The molecular weight excluding hydrogens is 342 g/mol. The molecule has 0 heterocycles. The van der Waals surface area contributed by atoms with E-state index in [4.69, 9.17) is 21.1 Å². The van der Waals surface area contributed by atoms with Crippen LogP contribution in [0.15, 0.2) is 36.4 Å². The number of ether oxygens (including phenoxy) is 2. The summed E-state index contributed by atoms with van der Waals surface area (Å²) in [6, 6.07) is 7.53. The molecule has 2 rings (SSSR count). The highest BCUT2D eigenvalue weighted by molar-refractivity contribution is 6.33. The Hall–Kier alpha value is -2.47. The molecular formula is C17H13ClF2O4. The summed E-state index contributed by atoms with van der Waals surface area (Å²) in [5.41, 5.74) is -0.0440. The lowest BCUT2D eigenvalue weighted by atomic mass is 10.1. The van der Waals surface area contributed by atoms with Crippen molar-refractivity contribution in [3.63, 3.8) is 0 Å². The molecule has 0 N–H and O–H groups in total. The molecule has 0 aliphatic heterocycles. The monoisotopic (exact) mass is 354 g/mol. The van der Waals surface area contributed by atoms with Crippen molar-refractivity contribution in [1.82, 2.24) is 0 Å². The quantitative estimate of drug-likeness (QED) is 0.461. The molecule has 2 aromatic carbocycles. The van der Waals surface area contributed by atoms with E-state index >= 15 is 0 Å². The van der Waals surface area contributed by atoms with E-state index < -0.39 is 29.5 Å². The maximum Gasteiger partial charge on any atom is 0.340 e. The molecule has 0 saturated carbocycles. The first-order valence-corrected chi connectivity index (χ1v) is 7.25. The Morgan fingerprint density at radius 2 is 1.67 bits per heavy atom. The van der Waals surface area contributed by atoms with Gasteiger partial charge in [0.1, 0.15) is 5.75 Å². The van der Waals surface area contributed by atoms with Crippen LogP contribution in [0.5, 0.6) is 5.75 Å². The van der Waals surface area contributed by atoms with Crippen LogP contribution >= 0.6 is 11.6 Å². The third kappa shape index (κ3) is 3.89. The van der Waals surface area contributed by atoms with Gasteiger partial charge in [0.15, 0.2) is 17.7 Å². The lowest BCUT2D eigenvalue weighted by Gasteiger charge is -2.13. The van der Waals surface area contributed by atoms with Gasteiger partial charge in [0, 0.05) is 5.56 Å². The minimum atomic E-state index is -1.24. The number of hydrogen-bond donors (Lipinski definition) is 0. The van der Waals surface area contributed by atoms with Gasteiger partial charge in [-0.1, -0.05) is 11.6 Å². The van der Waals surface area contributed by atoms with Gasteiger partial charge < -0.3 is 9.47 Å². The molecule has 0 fully saturated rings. The number of carbonyl (C=O) groups excluding carboxylic acids is 2. The normalized spacial score (nSPS) is 11.7. The van der Waals surface area contributed by atoms with Gasteiger partial charge in [0.05, 0.1) is 17.7 Å². The molecule has 0 aliphatic rings. The molecule has 1 atom stereocenters. The van der Waals surface area contributed by atoms with Crippen molar-refractivity contribution in [3.05, 3.63) is 64.2 Å². The zero-order valence-corrected chi connectivity index (χ0v) is 13.6. The maximum absolute atomic E-state index is 13.2. The Morgan fingerprint density at radius 3 is 2.25 bits per heavy atom. The molecule has 0 unspecified atom stereocenters. The Bertz CT molecular complexity index is 775. The summed E-state index contributed by atoms with van der Waals surface area (Å²) in [7, 11) is 1.49. The third-order valence-electron chi connectivity index (χ3n) is 3.26. The summed E-state index contributed by atoms with van der Waals surface area (Å²) < 4.78 is 36.2. The van der Waals surface area contributed by atoms with Gasteiger partial charge in [-0.2, -0.15) is 0 Å². The van der Waals surface area contributed by atoms with Crippen molar-refractivity contribution in [1.29, 1.82) is 0 Å². The molecule has 4 nitrogen and oxygen atoms in total. The van der Waals surface area contributed by atoms with E-state index in [0.29, 0.717) is 23.4 Å². The number of methoxy groups -OCH3 is 1. The zero-order chi connectivity index (χ0) is 17.9. The molecule has 0 aliphatic carbocycles. The van der Waals surface area contributed by atoms with Crippen LogP contribution < -0.4 is 4.74 Å². The van der Waals surface area contributed by atoms with Crippen LogP contribution in [0.4, 0.5) is 8.78 Å². The number of ketones is 1. The molecule has 0 amide bonds. The van der Waals surface area contributed by atoms with Crippen molar-refractivity contribution in [3.8, 4) is 5.75 Å². The molecule has 126 valence electrons. The fraction of sp³-hybridized carbons (Fsp3) is 0.176. The highest BCUT2D eigenvalue weighted by atomic mass is 35.5.